The summed E-state index contributed by atoms with van der Waals surface area (Å²) >= 11 is 5.82. The summed E-state index contributed by atoms with van der Waals surface area (Å²) in [6.45, 7) is 3.78. The first-order valence-corrected chi connectivity index (χ1v) is 5.91. The summed E-state index contributed by atoms with van der Waals surface area (Å²) in [6, 6.07) is 9.77. The molecule has 2 aromatic rings. The zero-order valence-corrected chi connectivity index (χ0v) is 10.8. The van der Waals surface area contributed by atoms with Crippen molar-refractivity contribution in [3.8, 4) is 6.01 Å². The van der Waals surface area contributed by atoms with Gasteiger partial charge in [-0.05, 0) is 37.6 Å². The molecule has 18 heavy (non-hydrogen) atoms. The van der Waals surface area contributed by atoms with Gasteiger partial charge in [-0.3, -0.25) is 0 Å². The third kappa shape index (κ3) is 3.56. The quantitative estimate of drug-likeness (QED) is 0.920. The van der Waals surface area contributed by atoms with Crippen LogP contribution in [-0.2, 0) is 0 Å². The van der Waals surface area contributed by atoms with Crippen LogP contribution in [0, 0.1) is 0 Å². The lowest BCUT2D eigenvalue weighted by Crippen LogP contribution is -2.10. The van der Waals surface area contributed by atoms with Crippen molar-refractivity contribution in [1.29, 1.82) is 0 Å². The van der Waals surface area contributed by atoms with Gasteiger partial charge >= 0.3 is 6.01 Å². The van der Waals surface area contributed by atoms with E-state index in [1.54, 1.807) is 0 Å². The summed E-state index contributed by atoms with van der Waals surface area (Å²) in [6.07, 6.45) is -0.0203. The first-order chi connectivity index (χ1) is 8.63. The maximum Gasteiger partial charge on any atom is 0.322 e. The number of aromatic nitrogens is 3. The van der Waals surface area contributed by atoms with Gasteiger partial charge in [-0.15, -0.1) is 0 Å². The lowest BCUT2D eigenvalue weighted by Gasteiger charge is -2.09. The topological polar surface area (TPSA) is 59.9 Å². The summed E-state index contributed by atoms with van der Waals surface area (Å²) in [5.74, 6) is 0.358. The van der Waals surface area contributed by atoms with Crippen LogP contribution in [0.2, 0.25) is 5.28 Å². The number of anilines is 2. The highest BCUT2D eigenvalue weighted by atomic mass is 35.5. The van der Waals surface area contributed by atoms with E-state index in [4.69, 9.17) is 16.3 Å². The SMILES string of the molecule is CC(C)Oc1nc(Cl)nc(Nc2ccccc2)n1. The number of ether oxygens (including phenoxy) is 1. The van der Waals surface area contributed by atoms with Gasteiger partial charge in [-0.1, -0.05) is 18.2 Å². The maximum atomic E-state index is 5.82. The van der Waals surface area contributed by atoms with E-state index >= 15 is 0 Å². The van der Waals surface area contributed by atoms with Crippen LogP contribution in [-0.4, -0.2) is 21.1 Å². The molecule has 1 aromatic heterocycles. The molecule has 1 aromatic carbocycles. The Hall–Kier alpha value is -1.88. The molecule has 0 radical (unpaired) electrons. The second-order valence-corrected chi connectivity index (χ2v) is 4.21. The van der Waals surface area contributed by atoms with Crippen molar-refractivity contribution >= 4 is 23.2 Å². The lowest BCUT2D eigenvalue weighted by molar-refractivity contribution is 0.222. The minimum atomic E-state index is -0.0203. The first kappa shape index (κ1) is 12.6. The van der Waals surface area contributed by atoms with E-state index in [0.29, 0.717) is 5.95 Å². The molecule has 0 aliphatic heterocycles. The molecule has 0 saturated carbocycles. The highest BCUT2D eigenvalue weighted by Crippen LogP contribution is 2.16. The third-order valence-electron chi connectivity index (χ3n) is 1.96. The fraction of sp³-hybridized carbons (Fsp3) is 0.250. The number of rotatable bonds is 4. The van der Waals surface area contributed by atoms with Crippen LogP contribution in [0.25, 0.3) is 0 Å². The van der Waals surface area contributed by atoms with E-state index in [9.17, 15) is 0 Å². The smallest absolute Gasteiger partial charge is 0.322 e. The Morgan fingerprint density at radius 2 is 1.83 bits per heavy atom. The van der Waals surface area contributed by atoms with Gasteiger partial charge in [0.25, 0.3) is 0 Å². The number of para-hydroxylation sites is 1. The summed E-state index contributed by atoms with van der Waals surface area (Å²) in [7, 11) is 0. The van der Waals surface area contributed by atoms with Crippen LogP contribution in [0.4, 0.5) is 11.6 Å². The molecule has 6 heteroatoms. The average Bonchev–Trinajstić information content (AvgIpc) is 2.28. The van der Waals surface area contributed by atoms with Crippen molar-refractivity contribution in [3.05, 3.63) is 35.6 Å². The van der Waals surface area contributed by atoms with Gasteiger partial charge in [0, 0.05) is 5.69 Å². The van der Waals surface area contributed by atoms with Crippen molar-refractivity contribution < 1.29 is 4.74 Å². The number of nitrogens with one attached hydrogen (secondary N) is 1. The Balaban J connectivity index is 2.20. The maximum absolute atomic E-state index is 5.82. The van der Waals surface area contributed by atoms with Crippen LogP contribution in [0.5, 0.6) is 6.01 Å². The molecule has 0 fully saturated rings. The molecule has 5 nitrogen and oxygen atoms in total. The molecule has 1 heterocycles. The van der Waals surface area contributed by atoms with Gasteiger partial charge in [0.1, 0.15) is 0 Å². The highest BCUT2D eigenvalue weighted by Gasteiger charge is 2.07. The van der Waals surface area contributed by atoms with E-state index in [-0.39, 0.29) is 17.4 Å². The molecule has 0 atom stereocenters. The third-order valence-corrected chi connectivity index (χ3v) is 2.13. The highest BCUT2D eigenvalue weighted by molar-refractivity contribution is 6.28. The summed E-state index contributed by atoms with van der Waals surface area (Å²) < 4.78 is 5.39. The summed E-state index contributed by atoms with van der Waals surface area (Å²) in [4.78, 5) is 12.0. The molecule has 1 N–H and O–H groups in total. The molecule has 0 unspecified atom stereocenters. The van der Waals surface area contributed by atoms with Gasteiger partial charge in [0.15, 0.2) is 0 Å². The molecule has 94 valence electrons. The molecule has 0 saturated heterocycles. The largest absolute Gasteiger partial charge is 0.461 e. The average molecular weight is 265 g/mol. The first-order valence-electron chi connectivity index (χ1n) is 5.54. The fourth-order valence-electron chi connectivity index (χ4n) is 1.30. The Morgan fingerprint density at radius 1 is 1.11 bits per heavy atom. The molecular formula is C12H13ClN4O. The molecule has 0 aliphatic rings. The van der Waals surface area contributed by atoms with E-state index in [0.717, 1.165) is 5.69 Å². The number of nitrogens with zero attached hydrogens (tertiary/aromatic N) is 3. The van der Waals surface area contributed by atoms with Crippen molar-refractivity contribution in [2.45, 2.75) is 20.0 Å². The van der Waals surface area contributed by atoms with Crippen molar-refractivity contribution in [3.63, 3.8) is 0 Å². The van der Waals surface area contributed by atoms with E-state index < -0.39 is 0 Å². The molecule has 2 rings (SSSR count). The fourth-order valence-corrected chi connectivity index (χ4v) is 1.45. The number of benzene rings is 1. The molecule has 0 amide bonds. The zero-order chi connectivity index (χ0) is 13.0. The van der Waals surface area contributed by atoms with Crippen LogP contribution in [0.3, 0.4) is 0 Å². The van der Waals surface area contributed by atoms with E-state index in [1.807, 2.05) is 44.2 Å². The normalized spacial score (nSPS) is 10.4. The Morgan fingerprint density at radius 3 is 2.50 bits per heavy atom. The number of halogens is 1. The van der Waals surface area contributed by atoms with Crippen molar-refractivity contribution in [2.24, 2.45) is 0 Å². The monoisotopic (exact) mass is 264 g/mol. The lowest BCUT2D eigenvalue weighted by atomic mass is 10.3. The van der Waals surface area contributed by atoms with Crippen LogP contribution < -0.4 is 10.1 Å². The zero-order valence-electron chi connectivity index (χ0n) is 10.1. The van der Waals surface area contributed by atoms with Gasteiger partial charge in [0.2, 0.25) is 11.2 Å². The molecule has 0 aliphatic carbocycles. The van der Waals surface area contributed by atoms with E-state index in [1.165, 1.54) is 0 Å². The Labute approximate surface area is 110 Å². The Kier molecular flexibility index (Phi) is 3.94. The summed E-state index contributed by atoms with van der Waals surface area (Å²) in [5, 5.41) is 3.13. The van der Waals surface area contributed by atoms with Crippen molar-refractivity contribution in [1.82, 2.24) is 15.0 Å². The predicted molar refractivity (Wildman–Crippen MR) is 70.3 cm³/mol. The molecular weight excluding hydrogens is 252 g/mol. The van der Waals surface area contributed by atoms with E-state index in [2.05, 4.69) is 20.3 Å². The van der Waals surface area contributed by atoms with Gasteiger partial charge in [0.05, 0.1) is 6.10 Å². The standard InChI is InChI=1S/C12H13ClN4O/c1-8(2)18-12-16-10(13)15-11(17-12)14-9-6-4-3-5-7-9/h3-8H,1-2H3,(H,14,15,16,17). The van der Waals surface area contributed by atoms with Gasteiger partial charge in [-0.2, -0.15) is 15.0 Å². The second-order valence-electron chi connectivity index (χ2n) is 3.87. The number of hydrogen-bond donors (Lipinski definition) is 1. The minimum absolute atomic E-state index is 0.0203. The second kappa shape index (κ2) is 5.64. The summed E-state index contributed by atoms with van der Waals surface area (Å²) in [5.41, 5.74) is 0.871. The number of hydrogen-bond acceptors (Lipinski definition) is 5. The molecule has 0 spiro atoms. The van der Waals surface area contributed by atoms with Gasteiger partial charge < -0.3 is 10.1 Å². The van der Waals surface area contributed by atoms with Crippen LogP contribution in [0.15, 0.2) is 30.3 Å². The Bertz CT molecular complexity index is 519. The predicted octanol–water partition coefficient (Wildman–Crippen LogP) is 3.06. The molecule has 0 bridgehead atoms. The van der Waals surface area contributed by atoms with Gasteiger partial charge in [-0.25, -0.2) is 0 Å². The van der Waals surface area contributed by atoms with Crippen LogP contribution >= 0.6 is 11.6 Å². The van der Waals surface area contributed by atoms with Crippen LogP contribution in [0.1, 0.15) is 13.8 Å². The minimum Gasteiger partial charge on any atom is -0.461 e. The van der Waals surface area contributed by atoms with Crippen molar-refractivity contribution in [2.75, 3.05) is 5.32 Å².